The van der Waals surface area contributed by atoms with E-state index in [4.69, 9.17) is 4.74 Å². The molecule has 1 amide bonds. The number of carbonyl (C=O) groups excluding carboxylic acids is 2. The van der Waals surface area contributed by atoms with Crippen LogP contribution in [0.3, 0.4) is 0 Å². The number of isocyanates is 1. The number of hydrogen-bond donors (Lipinski definition) is 1. The fraction of sp³-hybridized carbons (Fsp3) is 0.467. The molecule has 1 aromatic rings. The van der Waals surface area contributed by atoms with Crippen LogP contribution in [-0.4, -0.2) is 19.1 Å². The normalized spacial score (nSPS) is 16.3. The predicted octanol–water partition coefficient (Wildman–Crippen LogP) is 2.76. The van der Waals surface area contributed by atoms with Crippen LogP contribution in [0.1, 0.15) is 38.2 Å². The van der Waals surface area contributed by atoms with Crippen molar-refractivity contribution in [2.75, 3.05) is 12.4 Å². The van der Waals surface area contributed by atoms with Crippen molar-refractivity contribution in [2.45, 2.75) is 38.1 Å². The summed E-state index contributed by atoms with van der Waals surface area (Å²) in [4.78, 5) is 26.3. The molecule has 1 aliphatic rings. The number of amides is 1. The minimum absolute atomic E-state index is 0.182. The average Bonchev–Trinajstić information content (AvgIpc) is 2.88. The molecule has 1 N–H and O–H groups in total. The van der Waals surface area contributed by atoms with E-state index in [1.54, 1.807) is 19.3 Å². The quantitative estimate of drug-likeness (QED) is 0.678. The van der Waals surface area contributed by atoms with Crippen LogP contribution < -0.4 is 10.1 Å². The zero-order valence-electron chi connectivity index (χ0n) is 11.7. The summed E-state index contributed by atoms with van der Waals surface area (Å²) in [5.74, 6) is 0.393. The van der Waals surface area contributed by atoms with Crippen LogP contribution in [0.15, 0.2) is 23.2 Å². The van der Waals surface area contributed by atoms with E-state index in [9.17, 15) is 9.59 Å². The lowest BCUT2D eigenvalue weighted by molar-refractivity contribution is -0.114. The van der Waals surface area contributed by atoms with E-state index < -0.39 is 5.54 Å². The maximum absolute atomic E-state index is 11.4. The summed E-state index contributed by atoms with van der Waals surface area (Å²) in [6, 6.07) is 5.52. The molecular weight excluding hydrogens is 256 g/mol. The van der Waals surface area contributed by atoms with Gasteiger partial charge in [0.1, 0.15) is 11.3 Å². The van der Waals surface area contributed by atoms with Gasteiger partial charge < -0.3 is 10.1 Å². The second-order valence-electron chi connectivity index (χ2n) is 5.01. The van der Waals surface area contributed by atoms with E-state index >= 15 is 0 Å². The molecule has 5 nitrogen and oxygen atoms in total. The molecule has 20 heavy (non-hydrogen) atoms. The van der Waals surface area contributed by atoms with Crippen molar-refractivity contribution in [2.24, 2.45) is 4.99 Å². The van der Waals surface area contributed by atoms with Crippen molar-refractivity contribution in [1.29, 1.82) is 0 Å². The first-order valence-electron chi connectivity index (χ1n) is 6.67. The molecule has 0 unspecified atom stereocenters. The molecule has 0 atom stereocenters. The van der Waals surface area contributed by atoms with Crippen molar-refractivity contribution in [3.05, 3.63) is 23.8 Å². The van der Waals surface area contributed by atoms with Crippen LogP contribution in [0, 0.1) is 0 Å². The minimum atomic E-state index is -0.589. The first kappa shape index (κ1) is 14.3. The van der Waals surface area contributed by atoms with Crippen LogP contribution in [-0.2, 0) is 15.1 Å². The zero-order valence-corrected chi connectivity index (χ0v) is 11.7. The van der Waals surface area contributed by atoms with E-state index in [1.165, 1.54) is 6.92 Å². The van der Waals surface area contributed by atoms with Crippen LogP contribution in [0.4, 0.5) is 5.69 Å². The molecule has 0 radical (unpaired) electrons. The summed E-state index contributed by atoms with van der Waals surface area (Å²) in [6.07, 6.45) is 5.25. The van der Waals surface area contributed by atoms with Crippen LogP contribution in [0.2, 0.25) is 0 Å². The predicted molar refractivity (Wildman–Crippen MR) is 75.6 cm³/mol. The van der Waals surface area contributed by atoms with Gasteiger partial charge in [-0.3, -0.25) is 4.79 Å². The largest absolute Gasteiger partial charge is 0.495 e. The maximum atomic E-state index is 11.4. The van der Waals surface area contributed by atoms with Gasteiger partial charge in [0.05, 0.1) is 12.8 Å². The topological polar surface area (TPSA) is 67.8 Å². The van der Waals surface area contributed by atoms with Gasteiger partial charge in [-0.25, -0.2) is 4.79 Å². The molecule has 106 valence electrons. The number of nitrogens with one attached hydrogen (secondary N) is 1. The Bertz CT molecular complexity index is 556. The highest BCUT2D eigenvalue weighted by Gasteiger charge is 2.38. The number of benzene rings is 1. The number of carbonyl (C=O) groups is 1. The summed E-state index contributed by atoms with van der Waals surface area (Å²) in [6.45, 7) is 1.44. The van der Waals surface area contributed by atoms with Gasteiger partial charge in [0.15, 0.2) is 0 Å². The van der Waals surface area contributed by atoms with E-state index in [2.05, 4.69) is 10.3 Å². The molecule has 1 aromatic carbocycles. The van der Waals surface area contributed by atoms with Gasteiger partial charge in [-0.15, -0.1) is 0 Å². The molecule has 0 spiro atoms. The number of nitrogens with zero attached hydrogens (tertiary/aromatic N) is 1. The summed E-state index contributed by atoms with van der Waals surface area (Å²) >= 11 is 0. The van der Waals surface area contributed by atoms with Crippen LogP contribution >= 0.6 is 0 Å². The first-order valence-corrected chi connectivity index (χ1v) is 6.67. The monoisotopic (exact) mass is 274 g/mol. The Morgan fingerprint density at radius 1 is 1.40 bits per heavy atom. The van der Waals surface area contributed by atoms with Crippen molar-refractivity contribution < 1.29 is 14.3 Å². The van der Waals surface area contributed by atoms with Crippen LogP contribution in [0.5, 0.6) is 5.75 Å². The zero-order chi connectivity index (χ0) is 14.6. The van der Waals surface area contributed by atoms with Gasteiger partial charge in [-0.05, 0) is 18.9 Å². The Morgan fingerprint density at radius 2 is 2.10 bits per heavy atom. The average molecular weight is 274 g/mol. The van der Waals surface area contributed by atoms with Crippen molar-refractivity contribution in [3.63, 3.8) is 0 Å². The number of hydrogen-bond acceptors (Lipinski definition) is 4. The van der Waals surface area contributed by atoms with Gasteiger partial charge in [0.25, 0.3) is 0 Å². The molecule has 1 aliphatic carbocycles. The Labute approximate surface area is 118 Å². The van der Waals surface area contributed by atoms with Crippen molar-refractivity contribution in [3.8, 4) is 5.75 Å². The van der Waals surface area contributed by atoms with Gasteiger partial charge >= 0.3 is 0 Å². The third kappa shape index (κ3) is 2.58. The molecule has 2 rings (SSSR count). The molecule has 0 aromatic heterocycles. The van der Waals surface area contributed by atoms with Gasteiger partial charge in [0, 0.05) is 12.5 Å². The number of ether oxygens (including phenoxy) is 1. The fourth-order valence-electron chi connectivity index (χ4n) is 2.88. The molecule has 1 fully saturated rings. The Morgan fingerprint density at radius 3 is 2.65 bits per heavy atom. The van der Waals surface area contributed by atoms with Crippen molar-refractivity contribution in [1.82, 2.24) is 0 Å². The number of para-hydroxylation sites is 1. The second kappa shape index (κ2) is 5.88. The summed E-state index contributed by atoms with van der Waals surface area (Å²) in [5, 5.41) is 2.80. The lowest BCUT2D eigenvalue weighted by atomic mass is 9.87. The lowest BCUT2D eigenvalue weighted by Crippen LogP contribution is -2.22. The molecule has 0 heterocycles. The molecule has 0 aliphatic heterocycles. The number of aliphatic imine (C=N–C) groups is 1. The highest BCUT2D eigenvalue weighted by molar-refractivity contribution is 5.91. The minimum Gasteiger partial charge on any atom is -0.495 e. The van der Waals surface area contributed by atoms with Gasteiger partial charge in [-0.1, -0.05) is 25.0 Å². The van der Waals surface area contributed by atoms with E-state index in [0.717, 1.165) is 31.2 Å². The van der Waals surface area contributed by atoms with Gasteiger partial charge in [-0.2, -0.15) is 4.99 Å². The lowest BCUT2D eigenvalue weighted by Gasteiger charge is -2.26. The maximum Gasteiger partial charge on any atom is 0.235 e. The number of rotatable bonds is 4. The first-order chi connectivity index (χ1) is 9.63. The molecule has 1 saturated carbocycles. The third-order valence-electron chi connectivity index (χ3n) is 3.74. The standard InChI is InChI=1S/C15H18N2O3/c1-11(19)17-14-12(6-5-7-13(14)20-2)15(16-10-18)8-3-4-9-15/h5-7H,3-4,8-9H2,1-2H3,(H,17,19). The number of methoxy groups -OCH3 is 1. The number of anilines is 1. The Hall–Kier alpha value is -2.13. The van der Waals surface area contributed by atoms with Crippen LogP contribution in [0.25, 0.3) is 0 Å². The Balaban J connectivity index is 2.59. The molecule has 5 heteroatoms. The van der Waals surface area contributed by atoms with Crippen molar-refractivity contribution >= 4 is 17.7 Å². The SMILES string of the molecule is COc1cccc(C2(N=C=O)CCCC2)c1NC(C)=O. The highest BCUT2D eigenvalue weighted by Crippen LogP contribution is 2.47. The molecule has 0 saturated heterocycles. The third-order valence-corrected chi connectivity index (χ3v) is 3.74. The summed E-state index contributed by atoms with van der Waals surface area (Å²) in [5.41, 5.74) is 0.838. The summed E-state index contributed by atoms with van der Waals surface area (Å²) in [7, 11) is 1.55. The van der Waals surface area contributed by atoms with E-state index in [-0.39, 0.29) is 5.91 Å². The highest BCUT2D eigenvalue weighted by atomic mass is 16.5. The fourth-order valence-corrected chi connectivity index (χ4v) is 2.88. The van der Waals surface area contributed by atoms with E-state index in [0.29, 0.717) is 11.4 Å². The van der Waals surface area contributed by atoms with E-state index in [1.807, 2.05) is 12.1 Å². The van der Waals surface area contributed by atoms with Gasteiger partial charge in [0.2, 0.25) is 12.0 Å². The molecular formula is C15H18N2O3. The second-order valence-corrected chi connectivity index (χ2v) is 5.01. The smallest absolute Gasteiger partial charge is 0.235 e. The molecule has 0 bridgehead atoms. The Kier molecular flexibility index (Phi) is 4.20. The summed E-state index contributed by atoms with van der Waals surface area (Å²) < 4.78 is 5.31.